The van der Waals surface area contributed by atoms with Gasteiger partial charge in [0.2, 0.25) is 0 Å². The van der Waals surface area contributed by atoms with Gasteiger partial charge < -0.3 is 0 Å². The van der Waals surface area contributed by atoms with Gasteiger partial charge in [0.05, 0.1) is 0 Å². The van der Waals surface area contributed by atoms with Crippen molar-refractivity contribution in [3.05, 3.63) is 0 Å². The summed E-state index contributed by atoms with van der Waals surface area (Å²) in [7, 11) is 0. The molecular formula is C13H18O. The molecule has 1 spiro atoms. The molecule has 2 bridgehead atoms. The second-order valence-corrected chi connectivity index (χ2v) is 6.24. The normalized spacial score (nSPS) is 59.3. The zero-order chi connectivity index (χ0) is 9.34. The molecule has 4 aliphatic carbocycles. The van der Waals surface area contributed by atoms with Crippen molar-refractivity contribution in [2.45, 2.75) is 44.9 Å². The van der Waals surface area contributed by atoms with Crippen molar-refractivity contribution >= 4 is 5.78 Å². The van der Waals surface area contributed by atoms with E-state index in [0.717, 1.165) is 36.5 Å². The monoisotopic (exact) mass is 190 g/mol. The average molecular weight is 190 g/mol. The number of hydrogen-bond acceptors (Lipinski definition) is 1. The highest BCUT2D eigenvalue weighted by Gasteiger charge is 2.67. The van der Waals surface area contributed by atoms with Crippen molar-refractivity contribution in [3.63, 3.8) is 0 Å². The highest BCUT2D eigenvalue weighted by Crippen LogP contribution is 2.73. The topological polar surface area (TPSA) is 17.1 Å². The molecule has 4 saturated carbocycles. The summed E-state index contributed by atoms with van der Waals surface area (Å²) in [5, 5.41) is 0. The van der Waals surface area contributed by atoms with E-state index in [0.29, 0.717) is 11.2 Å². The molecule has 0 aromatic heterocycles. The van der Waals surface area contributed by atoms with E-state index in [9.17, 15) is 4.79 Å². The number of rotatable bonds is 0. The van der Waals surface area contributed by atoms with E-state index < -0.39 is 0 Å². The first kappa shape index (κ1) is 7.90. The minimum absolute atomic E-state index is 0.549. The summed E-state index contributed by atoms with van der Waals surface area (Å²) in [5.41, 5.74) is 0.549. The Labute approximate surface area is 85.3 Å². The minimum Gasteiger partial charge on any atom is -0.300 e. The van der Waals surface area contributed by atoms with Crippen molar-refractivity contribution < 1.29 is 4.79 Å². The molecule has 0 N–H and O–H groups in total. The predicted octanol–water partition coefficient (Wildman–Crippen LogP) is 2.79. The predicted molar refractivity (Wildman–Crippen MR) is 53.7 cm³/mol. The Balaban J connectivity index is 1.73. The summed E-state index contributed by atoms with van der Waals surface area (Å²) in [4.78, 5) is 11.5. The Hall–Kier alpha value is -0.330. The van der Waals surface area contributed by atoms with Crippen LogP contribution in [0.25, 0.3) is 0 Å². The molecule has 0 amide bonds. The molecule has 0 aromatic rings. The minimum atomic E-state index is 0.549. The number of hydrogen-bond donors (Lipinski definition) is 0. The smallest absolute Gasteiger partial charge is 0.133 e. The number of carbonyl (C=O) groups excluding carboxylic acids is 1. The van der Waals surface area contributed by atoms with Crippen LogP contribution in [0.15, 0.2) is 0 Å². The van der Waals surface area contributed by atoms with E-state index in [1.807, 2.05) is 0 Å². The Bertz CT molecular complexity index is 300. The van der Waals surface area contributed by atoms with Gasteiger partial charge in [-0.1, -0.05) is 6.42 Å². The maximum Gasteiger partial charge on any atom is 0.133 e. The van der Waals surface area contributed by atoms with Crippen molar-refractivity contribution in [1.29, 1.82) is 0 Å². The molecule has 0 unspecified atom stereocenters. The van der Waals surface area contributed by atoms with Crippen LogP contribution in [0.5, 0.6) is 0 Å². The molecule has 1 nitrogen and oxygen atoms in total. The van der Waals surface area contributed by atoms with Gasteiger partial charge in [0.15, 0.2) is 0 Å². The zero-order valence-electron chi connectivity index (χ0n) is 8.67. The maximum atomic E-state index is 11.5. The van der Waals surface area contributed by atoms with Crippen LogP contribution in [0.1, 0.15) is 44.9 Å². The first-order valence-electron chi connectivity index (χ1n) is 6.31. The van der Waals surface area contributed by atoms with E-state index in [1.165, 1.54) is 32.1 Å². The van der Waals surface area contributed by atoms with Crippen LogP contribution in [0, 0.1) is 29.1 Å². The number of fused-ring (bicyclic) bond motifs is 3. The molecule has 0 saturated heterocycles. The fourth-order valence-corrected chi connectivity index (χ4v) is 5.57. The number of Topliss-reactive ketones (excluding diaryl/α,β-unsaturated/α-hetero) is 1. The SMILES string of the molecule is O=C1CC[C@@]2(C1)[C@H]1CC[C@@H]3C[C@@H]1[C@@H]2C3. The van der Waals surface area contributed by atoms with Crippen LogP contribution < -0.4 is 0 Å². The van der Waals surface area contributed by atoms with Crippen LogP contribution >= 0.6 is 0 Å². The van der Waals surface area contributed by atoms with E-state index in [-0.39, 0.29) is 0 Å². The van der Waals surface area contributed by atoms with Crippen LogP contribution in [-0.4, -0.2) is 5.78 Å². The summed E-state index contributed by atoms with van der Waals surface area (Å²) >= 11 is 0. The van der Waals surface area contributed by atoms with Gasteiger partial charge in [0.25, 0.3) is 0 Å². The molecule has 4 fully saturated rings. The number of carbonyl (C=O) groups is 1. The van der Waals surface area contributed by atoms with E-state index in [2.05, 4.69) is 0 Å². The molecule has 4 aliphatic rings. The quantitative estimate of drug-likeness (QED) is 0.574. The summed E-state index contributed by atoms with van der Waals surface area (Å²) in [6, 6.07) is 0. The molecule has 1 heteroatoms. The fraction of sp³-hybridized carbons (Fsp3) is 0.923. The van der Waals surface area contributed by atoms with Gasteiger partial charge in [-0.05, 0) is 54.8 Å². The number of ketones is 1. The molecular weight excluding hydrogens is 172 g/mol. The summed E-state index contributed by atoms with van der Waals surface area (Å²) < 4.78 is 0. The Morgan fingerprint density at radius 3 is 2.86 bits per heavy atom. The standard InChI is InChI=1S/C13H18O/c14-9-3-4-13(7-9)11-2-1-8-5-10(11)12(13)6-8/h8,10-12H,1-7H2/t8-,10+,11+,12+,13-/m1/s1. The molecule has 5 atom stereocenters. The summed E-state index contributed by atoms with van der Waals surface area (Å²) in [6.07, 6.45) is 9.06. The Kier molecular flexibility index (Phi) is 1.27. The molecule has 0 radical (unpaired) electrons. The molecule has 0 aromatic carbocycles. The van der Waals surface area contributed by atoms with Crippen molar-refractivity contribution in [3.8, 4) is 0 Å². The largest absolute Gasteiger partial charge is 0.300 e. The van der Waals surface area contributed by atoms with Gasteiger partial charge in [0.1, 0.15) is 5.78 Å². The Morgan fingerprint density at radius 2 is 2.07 bits per heavy atom. The third-order valence-electron chi connectivity index (χ3n) is 5.98. The van der Waals surface area contributed by atoms with E-state index >= 15 is 0 Å². The lowest BCUT2D eigenvalue weighted by atomic mass is 9.46. The third kappa shape index (κ3) is 0.697. The third-order valence-corrected chi connectivity index (χ3v) is 5.98. The van der Waals surface area contributed by atoms with Gasteiger partial charge in [-0.3, -0.25) is 4.79 Å². The molecule has 76 valence electrons. The van der Waals surface area contributed by atoms with Crippen LogP contribution in [-0.2, 0) is 4.79 Å². The van der Waals surface area contributed by atoms with Gasteiger partial charge in [-0.2, -0.15) is 0 Å². The molecule has 14 heavy (non-hydrogen) atoms. The lowest BCUT2D eigenvalue weighted by molar-refractivity contribution is -0.128. The van der Waals surface area contributed by atoms with Crippen LogP contribution in [0.2, 0.25) is 0 Å². The van der Waals surface area contributed by atoms with Gasteiger partial charge in [0, 0.05) is 12.8 Å². The molecule has 4 rings (SSSR count). The maximum absolute atomic E-state index is 11.5. The molecule has 0 aliphatic heterocycles. The lowest BCUT2D eigenvalue weighted by Crippen LogP contribution is -2.53. The van der Waals surface area contributed by atoms with Crippen molar-refractivity contribution in [1.82, 2.24) is 0 Å². The van der Waals surface area contributed by atoms with E-state index in [1.54, 1.807) is 0 Å². The van der Waals surface area contributed by atoms with Gasteiger partial charge in [-0.25, -0.2) is 0 Å². The average Bonchev–Trinajstić information content (AvgIpc) is 2.64. The zero-order valence-corrected chi connectivity index (χ0v) is 8.67. The van der Waals surface area contributed by atoms with Gasteiger partial charge in [-0.15, -0.1) is 0 Å². The first-order chi connectivity index (χ1) is 6.79. The van der Waals surface area contributed by atoms with Crippen molar-refractivity contribution in [2.24, 2.45) is 29.1 Å². The van der Waals surface area contributed by atoms with Crippen LogP contribution in [0.4, 0.5) is 0 Å². The second kappa shape index (κ2) is 2.25. The Morgan fingerprint density at radius 1 is 1.14 bits per heavy atom. The summed E-state index contributed by atoms with van der Waals surface area (Å²) in [6.45, 7) is 0. The van der Waals surface area contributed by atoms with Gasteiger partial charge >= 0.3 is 0 Å². The highest BCUT2D eigenvalue weighted by atomic mass is 16.1. The fourth-order valence-electron chi connectivity index (χ4n) is 5.57. The lowest BCUT2D eigenvalue weighted by Gasteiger charge is -2.58. The first-order valence-corrected chi connectivity index (χ1v) is 6.31. The van der Waals surface area contributed by atoms with E-state index in [4.69, 9.17) is 0 Å². The van der Waals surface area contributed by atoms with Crippen molar-refractivity contribution in [2.75, 3.05) is 0 Å². The molecule has 0 heterocycles. The second-order valence-electron chi connectivity index (χ2n) is 6.24. The van der Waals surface area contributed by atoms with Crippen LogP contribution in [0.3, 0.4) is 0 Å². The highest BCUT2D eigenvalue weighted by molar-refractivity contribution is 5.82. The summed E-state index contributed by atoms with van der Waals surface area (Å²) in [5.74, 6) is 4.62.